The summed E-state index contributed by atoms with van der Waals surface area (Å²) in [5.74, 6) is 0.843. The molecule has 2 aromatic carbocycles. The molecule has 2 N–H and O–H groups in total. The first-order valence-electron chi connectivity index (χ1n) is 7.22. The highest BCUT2D eigenvalue weighted by atomic mass is 16.5. The normalized spacial score (nSPS) is 13.1. The standard InChI is InChI=1S/C18H21NO4/c1-18(21,12-9-10-15(22-3)16(11-12)23-4)14-8-6-5-7-13(14)17(20)19-2/h5-11,21H,1-4H3,(H,19,20). The minimum atomic E-state index is -1.36. The van der Waals surface area contributed by atoms with E-state index >= 15 is 0 Å². The summed E-state index contributed by atoms with van der Waals surface area (Å²) in [6.45, 7) is 1.65. The van der Waals surface area contributed by atoms with Crippen LogP contribution in [0, 0.1) is 0 Å². The fourth-order valence-corrected chi connectivity index (χ4v) is 2.53. The molecule has 0 saturated carbocycles. The highest BCUT2D eigenvalue weighted by Gasteiger charge is 2.30. The van der Waals surface area contributed by atoms with E-state index in [1.165, 1.54) is 7.11 Å². The highest BCUT2D eigenvalue weighted by Crippen LogP contribution is 2.36. The van der Waals surface area contributed by atoms with E-state index in [1.54, 1.807) is 63.5 Å². The van der Waals surface area contributed by atoms with E-state index in [1.807, 2.05) is 0 Å². The third-order valence-electron chi connectivity index (χ3n) is 3.87. The molecule has 0 aliphatic carbocycles. The van der Waals surface area contributed by atoms with E-state index in [0.717, 1.165) is 0 Å². The summed E-state index contributed by atoms with van der Waals surface area (Å²) in [5.41, 5.74) is 0.190. The zero-order valence-electron chi connectivity index (χ0n) is 13.7. The summed E-state index contributed by atoms with van der Waals surface area (Å²) in [6, 6.07) is 12.2. The van der Waals surface area contributed by atoms with E-state index in [9.17, 15) is 9.90 Å². The first-order valence-corrected chi connectivity index (χ1v) is 7.22. The molecule has 0 spiro atoms. The van der Waals surface area contributed by atoms with Crippen LogP contribution in [-0.2, 0) is 5.60 Å². The van der Waals surface area contributed by atoms with Gasteiger partial charge in [0.15, 0.2) is 11.5 Å². The van der Waals surface area contributed by atoms with Crippen molar-refractivity contribution in [3.63, 3.8) is 0 Å². The van der Waals surface area contributed by atoms with Crippen molar-refractivity contribution in [2.24, 2.45) is 0 Å². The van der Waals surface area contributed by atoms with E-state index in [4.69, 9.17) is 9.47 Å². The Bertz CT molecular complexity index is 710. The predicted octanol–water partition coefficient (Wildman–Crippen LogP) is 2.32. The van der Waals surface area contributed by atoms with Gasteiger partial charge >= 0.3 is 0 Å². The monoisotopic (exact) mass is 315 g/mol. The fourth-order valence-electron chi connectivity index (χ4n) is 2.53. The second-order valence-electron chi connectivity index (χ2n) is 5.27. The van der Waals surface area contributed by atoms with Crippen LogP contribution < -0.4 is 14.8 Å². The molecule has 1 unspecified atom stereocenters. The summed E-state index contributed by atoms with van der Waals surface area (Å²) >= 11 is 0. The van der Waals surface area contributed by atoms with Crippen LogP contribution in [-0.4, -0.2) is 32.3 Å². The molecule has 2 rings (SSSR count). The highest BCUT2D eigenvalue weighted by molar-refractivity contribution is 5.96. The van der Waals surface area contributed by atoms with Gasteiger partial charge in [-0.05, 0) is 30.7 Å². The largest absolute Gasteiger partial charge is 0.493 e. The molecule has 1 atom stereocenters. The molecule has 1 amide bonds. The summed E-state index contributed by atoms with van der Waals surface area (Å²) < 4.78 is 10.5. The lowest BCUT2D eigenvalue weighted by Gasteiger charge is -2.27. The number of aliphatic hydroxyl groups is 1. The Balaban J connectivity index is 2.57. The van der Waals surface area contributed by atoms with Gasteiger partial charge in [-0.1, -0.05) is 24.3 Å². The van der Waals surface area contributed by atoms with Crippen molar-refractivity contribution in [1.29, 1.82) is 0 Å². The van der Waals surface area contributed by atoms with Crippen molar-refractivity contribution in [1.82, 2.24) is 5.32 Å². The van der Waals surface area contributed by atoms with Gasteiger partial charge in [-0.25, -0.2) is 0 Å². The zero-order valence-corrected chi connectivity index (χ0v) is 13.7. The maximum Gasteiger partial charge on any atom is 0.251 e. The Labute approximate surface area is 135 Å². The van der Waals surface area contributed by atoms with E-state index in [0.29, 0.717) is 28.2 Å². The molecule has 0 radical (unpaired) electrons. The molecule has 122 valence electrons. The molecule has 0 bridgehead atoms. The van der Waals surface area contributed by atoms with Crippen molar-refractivity contribution in [3.05, 3.63) is 59.2 Å². The molecule has 0 aliphatic rings. The van der Waals surface area contributed by atoms with E-state index < -0.39 is 5.60 Å². The van der Waals surface area contributed by atoms with Crippen molar-refractivity contribution < 1.29 is 19.4 Å². The number of methoxy groups -OCH3 is 2. The minimum Gasteiger partial charge on any atom is -0.493 e. The summed E-state index contributed by atoms with van der Waals surface area (Å²) in [6.07, 6.45) is 0. The quantitative estimate of drug-likeness (QED) is 0.888. The lowest BCUT2D eigenvalue weighted by atomic mass is 9.85. The SMILES string of the molecule is CNC(=O)c1ccccc1C(C)(O)c1ccc(OC)c(OC)c1. The number of amides is 1. The Morgan fingerprint density at radius 1 is 1.09 bits per heavy atom. The second kappa shape index (κ2) is 6.71. The smallest absolute Gasteiger partial charge is 0.251 e. The maximum atomic E-state index is 12.1. The lowest BCUT2D eigenvalue weighted by molar-refractivity contribution is 0.0899. The third-order valence-corrected chi connectivity index (χ3v) is 3.87. The van der Waals surface area contributed by atoms with Gasteiger partial charge in [0, 0.05) is 18.2 Å². The van der Waals surface area contributed by atoms with E-state index in [2.05, 4.69) is 5.32 Å². The molecular formula is C18H21NO4. The molecule has 5 heteroatoms. The molecular weight excluding hydrogens is 294 g/mol. The molecule has 2 aromatic rings. The summed E-state index contributed by atoms with van der Waals surface area (Å²) in [4.78, 5) is 12.1. The average Bonchev–Trinajstić information content (AvgIpc) is 2.60. The second-order valence-corrected chi connectivity index (χ2v) is 5.27. The number of nitrogens with one attached hydrogen (secondary N) is 1. The Morgan fingerprint density at radius 3 is 2.35 bits per heavy atom. The maximum absolute atomic E-state index is 12.1. The first-order chi connectivity index (χ1) is 11.0. The zero-order chi connectivity index (χ0) is 17.0. The van der Waals surface area contributed by atoms with Gasteiger partial charge in [0.2, 0.25) is 0 Å². The average molecular weight is 315 g/mol. The number of carbonyl (C=O) groups is 1. The number of rotatable bonds is 5. The van der Waals surface area contributed by atoms with Crippen LogP contribution in [0.25, 0.3) is 0 Å². The number of carbonyl (C=O) groups excluding carboxylic acids is 1. The van der Waals surface area contributed by atoms with Crippen LogP contribution in [0.15, 0.2) is 42.5 Å². The molecule has 0 aromatic heterocycles. The van der Waals surface area contributed by atoms with Crippen LogP contribution in [0.5, 0.6) is 11.5 Å². The van der Waals surface area contributed by atoms with Crippen molar-refractivity contribution in [2.45, 2.75) is 12.5 Å². The van der Waals surface area contributed by atoms with Crippen molar-refractivity contribution in [3.8, 4) is 11.5 Å². The van der Waals surface area contributed by atoms with Gasteiger partial charge < -0.3 is 19.9 Å². The molecule has 0 saturated heterocycles. The predicted molar refractivity (Wildman–Crippen MR) is 88.1 cm³/mol. The van der Waals surface area contributed by atoms with Crippen LogP contribution in [0.1, 0.15) is 28.4 Å². The van der Waals surface area contributed by atoms with Gasteiger partial charge in [-0.2, -0.15) is 0 Å². The van der Waals surface area contributed by atoms with E-state index in [-0.39, 0.29) is 5.91 Å². The molecule has 23 heavy (non-hydrogen) atoms. The Kier molecular flexibility index (Phi) is 4.91. The molecule has 0 heterocycles. The van der Waals surface area contributed by atoms with Gasteiger partial charge in [0.05, 0.1) is 14.2 Å². The number of benzene rings is 2. The molecule has 5 nitrogen and oxygen atoms in total. The Morgan fingerprint density at radius 2 is 1.74 bits per heavy atom. The fraction of sp³-hybridized carbons (Fsp3) is 0.278. The molecule has 0 aliphatic heterocycles. The number of ether oxygens (including phenoxy) is 2. The topological polar surface area (TPSA) is 67.8 Å². The van der Waals surface area contributed by atoms with Gasteiger partial charge in [-0.15, -0.1) is 0 Å². The van der Waals surface area contributed by atoms with Gasteiger partial charge in [0.25, 0.3) is 5.91 Å². The van der Waals surface area contributed by atoms with Crippen molar-refractivity contribution >= 4 is 5.91 Å². The summed E-state index contributed by atoms with van der Waals surface area (Å²) in [7, 11) is 4.65. The van der Waals surface area contributed by atoms with Crippen LogP contribution >= 0.6 is 0 Å². The molecule has 0 fully saturated rings. The first kappa shape index (κ1) is 16.8. The third kappa shape index (κ3) is 3.14. The lowest BCUT2D eigenvalue weighted by Crippen LogP contribution is -2.28. The van der Waals surface area contributed by atoms with Crippen molar-refractivity contribution in [2.75, 3.05) is 21.3 Å². The summed E-state index contributed by atoms with van der Waals surface area (Å²) in [5, 5.41) is 13.7. The van der Waals surface area contributed by atoms with Crippen LogP contribution in [0.2, 0.25) is 0 Å². The van der Waals surface area contributed by atoms with Crippen LogP contribution in [0.3, 0.4) is 0 Å². The Hall–Kier alpha value is -2.53. The number of hydrogen-bond acceptors (Lipinski definition) is 4. The van der Waals surface area contributed by atoms with Gasteiger partial charge in [0.1, 0.15) is 5.60 Å². The number of hydrogen-bond donors (Lipinski definition) is 2. The van der Waals surface area contributed by atoms with Gasteiger partial charge in [-0.3, -0.25) is 4.79 Å². The van der Waals surface area contributed by atoms with Crippen LogP contribution in [0.4, 0.5) is 0 Å². The minimum absolute atomic E-state index is 0.249.